The highest BCUT2D eigenvalue weighted by atomic mass is 16.2. The van der Waals surface area contributed by atoms with Crippen molar-refractivity contribution in [2.24, 2.45) is 0 Å². The van der Waals surface area contributed by atoms with Crippen molar-refractivity contribution < 1.29 is 4.79 Å². The molecule has 136 valence electrons. The Morgan fingerprint density at radius 1 is 0.963 bits per heavy atom. The van der Waals surface area contributed by atoms with Crippen LogP contribution in [-0.4, -0.2) is 22.3 Å². The van der Waals surface area contributed by atoms with Crippen LogP contribution in [0.3, 0.4) is 0 Å². The van der Waals surface area contributed by atoms with Crippen LogP contribution in [-0.2, 0) is 17.8 Å². The van der Waals surface area contributed by atoms with E-state index in [4.69, 9.17) is 0 Å². The van der Waals surface area contributed by atoms with E-state index in [0.29, 0.717) is 19.5 Å². The van der Waals surface area contributed by atoms with Gasteiger partial charge in [0, 0.05) is 37.7 Å². The van der Waals surface area contributed by atoms with E-state index in [1.165, 1.54) is 0 Å². The molecule has 0 unspecified atom stereocenters. The number of rotatable bonds is 4. The van der Waals surface area contributed by atoms with Gasteiger partial charge in [0.05, 0.1) is 0 Å². The highest BCUT2D eigenvalue weighted by Gasteiger charge is 2.25. The van der Waals surface area contributed by atoms with Gasteiger partial charge in [-0.3, -0.25) is 9.59 Å². The first kappa shape index (κ1) is 17.3. The Hall–Kier alpha value is -3.14. The van der Waals surface area contributed by atoms with E-state index in [1.54, 1.807) is 12.3 Å². The molecule has 27 heavy (non-hydrogen) atoms. The number of nitrogens with one attached hydrogen (secondary N) is 1. The Kier molecular flexibility index (Phi) is 4.88. The predicted molar refractivity (Wildman–Crippen MR) is 106 cm³/mol. The number of amides is 1. The van der Waals surface area contributed by atoms with E-state index < -0.39 is 0 Å². The third-order valence-electron chi connectivity index (χ3n) is 5.25. The van der Waals surface area contributed by atoms with Gasteiger partial charge < -0.3 is 9.88 Å². The third-order valence-corrected chi connectivity index (χ3v) is 5.25. The average Bonchev–Trinajstić information content (AvgIpc) is 2.72. The van der Waals surface area contributed by atoms with Crippen LogP contribution in [0, 0.1) is 0 Å². The summed E-state index contributed by atoms with van der Waals surface area (Å²) in [6.45, 7) is 1.22. The number of carbonyl (C=O) groups is 1. The summed E-state index contributed by atoms with van der Waals surface area (Å²) in [7, 11) is 0. The Labute approximate surface area is 158 Å². The third kappa shape index (κ3) is 3.85. The minimum atomic E-state index is -0.0817. The molecule has 1 aliphatic heterocycles. The lowest BCUT2D eigenvalue weighted by Gasteiger charge is -2.30. The van der Waals surface area contributed by atoms with Gasteiger partial charge in [0.15, 0.2) is 0 Å². The first-order valence-electron chi connectivity index (χ1n) is 9.29. The number of hydrogen-bond acceptors (Lipinski definition) is 2. The van der Waals surface area contributed by atoms with Crippen LogP contribution >= 0.6 is 0 Å². The van der Waals surface area contributed by atoms with Crippen LogP contribution in [0.25, 0.3) is 0 Å². The maximum atomic E-state index is 13.1. The van der Waals surface area contributed by atoms with Crippen LogP contribution in [0.2, 0.25) is 0 Å². The van der Waals surface area contributed by atoms with Gasteiger partial charge in [-0.2, -0.15) is 0 Å². The SMILES string of the molecule is O=C(CC(c1ccccc1)c1ccccc1)N1CCc2cc(=O)[nH]cc2C1. The summed E-state index contributed by atoms with van der Waals surface area (Å²) >= 11 is 0. The summed E-state index contributed by atoms with van der Waals surface area (Å²) in [6.07, 6.45) is 2.90. The summed E-state index contributed by atoms with van der Waals surface area (Å²) in [5.41, 5.74) is 4.30. The lowest BCUT2D eigenvalue weighted by molar-refractivity contribution is -0.132. The molecule has 0 fully saturated rings. The second kappa shape index (κ2) is 7.62. The standard InChI is InChI=1S/C23H22N2O2/c26-22-13-19-11-12-25(16-20(19)15-24-22)23(27)14-21(17-7-3-1-4-8-17)18-9-5-2-6-10-18/h1-10,13,15,21H,11-12,14,16H2,(H,24,26). The van der Waals surface area contributed by atoms with Crippen molar-refractivity contribution >= 4 is 5.91 Å². The molecule has 1 N–H and O–H groups in total. The monoisotopic (exact) mass is 358 g/mol. The highest BCUT2D eigenvalue weighted by Crippen LogP contribution is 2.29. The normalized spacial score (nSPS) is 13.4. The first-order chi connectivity index (χ1) is 13.2. The van der Waals surface area contributed by atoms with Crippen molar-refractivity contribution in [3.63, 3.8) is 0 Å². The van der Waals surface area contributed by atoms with Gasteiger partial charge in [0.2, 0.25) is 11.5 Å². The van der Waals surface area contributed by atoms with Gasteiger partial charge in [-0.15, -0.1) is 0 Å². The van der Waals surface area contributed by atoms with Gasteiger partial charge in [0.25, 0.3) is 0 Å². The second-order valence-corrected chi connectivity index (χ2v) is 6.99. The number of pyridine rings is 1. The molecule has 1 aromatic heterocycles. The van der Waals surface area contributed by atoms with Crippen molar-refractivity contribution in [1.29, 1.82) is 0 Å². The highest BCUT2D eigenvalue weighted by molar-refractivity contribution is 5.78. The van der Waals surface area contributed by atoms with Crippen molar-refractivity contribution in [2.45, 2.75) is 25.3 Å². The van der Waals surface area contributed by atoms with Crippen LogP contribution in [0.5, 0.6) is 0 Å². The minimum absolute atomic E-state index is 0.0388. The molecule has 0 saturated carbocycles. The number of nitrogens with zero attached hydrogens (tertiary/aromatic N) is 1. The van der Waals surface area contributed by atoms with E-state index in [2.05, 4.69) is 29.2 Å². The average molecular weight is 358 g/mol. The lowest BCUT2D eigenvalue weighted by Crippen LogP contribution is -2.37. The smallest absolute Gasteiger partial charge is 0.248 e. The van der Waals surface area contributed by atoms with Crippen LogP contribution < -0.4 is 5.56 Å². The largest absolute Gasteiger partial charge is 0.338 e. The van der Waals surface area contributed by atoms with Crippen molar-refractivity contribution in [1.82, 2.24) is 9.88 Å². The van der Waals surface area contributed by atoms with Crippen molar-refractivity contribution in [3.8, 4) is 0 Å². The molecule has 1 aliphatic rings. The second-order valence-electron chi connectivity index (χ2n) is 6.99. The molecule has 0 bridgehead atoms. The molecular weight excluding hydrogens is 336 g/mol. The number of benzene rings is 2. The molecule has 0 aliphatic carbocycles. The van der Waals surface area contributed by atoms with E-state index in [9.17, 15) is 9.59 Å². The molecule has 4 heteroatoms. The molecule has 0 radical (unpaired) electrons. The summed E-state index contributed by atoms with van der Waals surface area (Å²) in [6, 6.07) is 22.0. The number of hydrogen-bond donors (Lipinski definition) is 1. The minimum Gasteiger partial charge on any atom is -0.338 e. The number of aromatic amines is 1. The summed E-state index contributed by atoms with van der Waals surface area (Å²) in [5, 5.41) is 0. The van der Waals surface area contributed by atoms with E-state index in [1.807, 2.05) is 41.3 Å². The topological polar surface area (TPSA) is 53.2 Å². The number of aromatic nitrogens is 1. The van der Waals surface area contributed by atoms with Crippen molar-refractivity contribution in [2.75, 3.05) is 6.54 Å². The van der Waals surface area contributed by atoms with E-state index in [0.717, 1.165) is 28.7 Å². The molecule has 0 spiro atoms. The van der Waals surface area contributed by atoms with Crippen molar-refractivity contribution in [3.05, 3.63) is 106 Å². The maximum Gasteiger partial charge on any atom is 0.248 e. The maximum absolute atomic E-state index is 13.1. The molecule has 1 amide bonds. The molecule has 2 heterocycles. The fraction of sp³-hybridized carbons (Fsp3) is 0.217. The zero-order valence-corrected chi connectivity index (χ0v) is 15.1. The van der Waals surface area contributed by atoms with E-state index in [-0.39, 0.29) is 17.4 Å². The number of carbonyl (C=O) groups excluding carboxylic acids is 1. The van der Waals surface area contributed by atoms with E-state index >= 15 is 0 Å². The molecule has 3 aromatic rings. The Balaban J connectivity index is 1.56. The fourth-order valence-electron chi connectivity index (χ4n) is 3.78. The summed E-state index contributed by atoms with van der Waals surface area (Å²) in [4.78, 5) is 29.2. The van der Waals surface area contributed by atoms with Gasteiger partial charge >= 0.3 is 0 Å². The molecule has 4 rings (SSSR count). The number of fused-ring (bicyclic) bond motifs is 1. The number of H-pyrrole nitrogens is 1. The molecule has 4 nitrogen and oxygen atoms in total. The van der Waals surface area contributed by atoms with Gasteiger partial charge in [-0.25, -0.2) is 0 Å². The summed E-state index contributed by atoms with van der Waals surface area (Å²) in [5.74, 6) is 0.182. The molecule has 2 aromatic carbocycles. The Bertz CT molecular complexity index is 941. The first-order valence-corrected chi connectivity index (χ1v) is 9.29. The Morgan fingerprint density at radius 3 is 2.22 bits per heavy atom. The molecular formula is C23H22N2O2. The lowest BCUT2D eigenvalue weighted by atomic mass is 9.88. The van der Waals surface area contributed by atoms with Crippen LogP contribution in [0.1, 0.15) is 34.6 Å². The summed E-state index contributed by atoms with van der Waals surface area (Å²) < 4.78 is 0. The quantitative estimate of drug-likeness (QED) is 0.776. The van der Waals surface area contributed by atoms with Gasteiger partial charge in [-0.05, 0) is 28.7 Å². The predicted octanol–water partition coefficient (Wildman–Crippen LogP) is 3.48. The van der Waals surface area contributed by atoms with Crippen LogP contribution in [0.15, 0.2) is 77.7 Å². The molecule has 0 atom stereocenters. The zero-order valence-electron chi connectivity index (χ0n) is 15.1. The van der Waals surface area contributed by atoms with Gasteiger partial charge in [-0.1, -0.05) is 60.7 Å². The Morgan fingerprint density at radius 2 is 1.59 bits per heavy atom. The zero-order chi connectivity index (χ0) is 18.6. The van der Waals surface area contributed by atoms with Gasteiger partial charge in [0.1, 0.15) is 0 Å². The molecule has 0 saturated heterocycles. The van der Waals surface area contributed by atoms with Crippen LogP contribution in [0.4, 0.5) is 0 Å². The fourth-order valence-corrected chi connectivity index (χ4v) is 3.78.